The summed E-state index contributed by atoms with van der Waals surface area (Å²) in [4.78, 5) is 7.43. The number of benzene rings is 2. The number of hydrogen-bond acceptors (Lipinski definition) is 4. The van der Waals surface area contributed by atoms with Crippen LogP contribution in [0, 0.1) is 0 Å². The molecule has 0 fully saturated rings. The van der Waals surface area contributed by atoms with Gasteiger partial charge in [-0.15, -0.1) is 0 Å². The lowest BCUT2D eigenvalue weighted by Gasteiger charge is -2.34. The lowest BCUT2D eigenvalue weighted by Crippen LogP contribution is -2.41. The van der Waals surface area contributed by atoms with Gasteiger partial charge in [-0.1, -0.05) is 43.3 Å². The minimum absolute atomic E-state index is 0.299. The van der Waals surface area contributed by atoms with Crippen molar-refractivity contribution in [1.29, 1.82) is 0 Å². The maximum Gasteiger partial charge on any atom is 0.263 e. The van der Waals surface area contributed by atoms with Crippen LogP contribution in [0.15, 0.2) is 58.4 Å². The molecule has 26 heavy (non-hydrogen) atoms. The molecule has 1 atom stereocenters. The molecule has 2 heterocycles. The monoisotopic (exact) mass is 369 g/mol. The highest BCUT2D eigenvalue weighted by Crippen LogP contribution is 2.24. The molecule has 0 radical (unpaired) electrons. The Morgan fingerprint density at radius 2 is 1.85 bits per heavy atom. The molecule has 0 saturated heterocycles. The third-order valence-corrected chi connectivity index (χ3v) is 6.67. The van der Waals surface area contributed by atoms with Crippen molar-refractivity contribution in [3.05, 3.63) is 65.2 Å². The zero-order chi connectivity index (χ0) is 18.1. The molecule has 0 bridgehead atoms. The van der Waals surface area contributed by atoms with Gasteiger partial charge in [-0.25, -0.2) is 8.42 Å². The normalized spacial score (nSPS) is 21.0. The second kappa shape index (κ2) is 6.85. The van der Waals surface area contributed by atoms with Crippen LogP contribution in [0.25, 0.3) is 0 Å². The summed E-state index contributed by atoms with van der Waals surface area (Å²) in [7, 11) is -3.47. The van der Waals surface area contributed by atoms with E-state index in [0.29, 0.717) is 28.9 Å². The van der Waals surface area contributed by atoms with Crippen LogP contribution < -0.4 is 4.72 Å². The highest BCUT2D eigenvalue weighted by molar-refractivity contribution is 7.90. The van der Waals surface area contributed by atoms with Gasteiger partial charge in [0.25, 0.3) is 10.0 Å². The van der Waals surface area contributed by atoms with Crippen molar-refractivity contribution in [2.45, 2.75) is 37.2 Å². The van der Waals surface area contributed by atoms with Crippen LogP contribution in [0.3, 0.4) is 0 Å². The Morgan fingerprint density at radius 1 is 1.12 bits per heavy atom. The summed E-state index contributed by atoms with van der Waals surface area (Å²) in [5, 5.41) is 0. The predicted octanol–water partition coefficient (Wildman–Crippen LogP) is 2.56. The SMILES string of the molecule is CC[C@@H](CN=C1NS(=O)(=O)c2ccccc21)N1CCc2ccccc2C1. The van der Waals surface area contributed by atoms with Crippen molar-refractivity contribution in [2.75, 3.05) is 13.1 Å². The molecule has 1 N–H and O–H groups in total. The van der Waals surface area contributed by atoms with E-state index in [-0.39, 0.29) is 0 Å². The summed E-state index contributed by atoms with van der Waals surface area (Å²) in [5.74, 6) is 0.469. The van der Waals surface area contributed by atoms with Gasteiger partial charge >= 0.3 is 0 Å². The van der Waals surface area contributed by atoms with Crippen molar-refractivity contribution >= 4 is 15.9 Å². The van der Waals surface area contributed by atoms with Gasteiger partial charge in [0.15, 0.2) is 0 Å². The van der Waals surface area contributed by atoms with E-state index in [0.717, 1.165) is 25.9 Å². The number of nitrogens with one attached hydrogen (secondary N) is 1. The van der Waals surface area contributed by atoms with E-state index in [1.807, 2.05) is 12.1 Å². The topological polar surface area (TPSA) is 61.8 Å². The van der Waals surface area contributed by atoms with E-state index in [1.165, 1.54) is 11.1 Å². The van der Waals surface area contributed by atoms with Crippen molar-refractivity contribution in [2.24, 2.45) is 4.99 Å². The van der Waals surface area contributed by atoms with Crippen LogP contribution in [0.1, 0.15) is 30.0 Å². The Labute approximate surface area is 154 Å². The van der Waals surface area contributed by atoms with Gasteiger partial charge in [-0.3, -0.25) is 14.6 Å². The third kappa shape index (κ3) is 3.15. The largest absolute Gasteiger partial charge is 0.294 e. The predicted molar refractivity (Wildman–Crippen MR) is 103 cm³/mol. The average Bonchev–Trinajstić information content (AvgIpc) is 2.93. The summed E-state index contributed by atoms with van der Waals surface area (Å²) in [6.45, 7) is 4.70. The fourth-order valence-corrected chi connectivity index (χ4v) is 5.03. The number of aliphatic imine (C=N–C) groups is 1. The van der Waals surface area contributed by atoms with E-state index in [1.54, 1.807) is 12.1 Å². The average molecular weight is 369 g/mol. The minimum atomic E-state index is -3.47. The molecule has 0 aliphatic carbocycles. The minimum Gasteiger partial charge on any atom is -0.294 e. The smallest absolute Gasteiger partial charge is 0.263 e. The fraction of sp³-hybridized carbons (Fsp3) is 0.350. The fourth-order valence-electron chi connectivity index (χ4n) is 3.78. The molecule has 136 valence electrons. The van der Waals surface area contributed by atoms with E-state index in [2.05, 4.69) is 45.8 Å². The zero-order valence-electron chi connectivity index (χ0n) is 14.9. The molecule has 2 aliphatic rings. The number of hydrogen-bond donors (Lipinski definition) is 1. The Kier molecular flexibility index (Phi) is 4.54. The summed E-state index contributed by atoms with van der Waals surface area (Å²) in [5.41, 5.74) is 3.49. The number of amidine groups is 1. The number of sulfonamides is 1. The maximum atomic E-state index is 12.2. The van der Waals surface area contributed by atoms with Gasteiger partial charge in [-0.2, -0.15) is 0 Å². The number of nitrogens with zero attached hydrogens (tertiary/aromatic N) is 2. The first-order valence-corrected chi connectivity index (χ1v) is 10.5. The first-order chi connectivity index (χ1) is 12.6. The number of rotatable bonds is 4. The maximum absolute atomic E-state index is 12.2. The quantitative estimate of drug-likeness (QED) is 0.901. The van der Waals surface area contributed by atoms with Crippen molar-refractivity contribution in [3.63, 3.8) is 0 Å². The second-order valence-corrected chi connectivity index (χ2v) is 8.49. The second-order valence-electron chi connectivity index (χ2n) is 6.84. The number of fused-ring (bicyclic) bond motifs is 2. The molecule has 2 aliphatic heterocycles. The molecule has 0 saturated carbocycles. The van der Waals surface area contributed by atoms with Crippen molar-refractivity contribution in [3.8, 4) is 0 Å². The van der Waals surface area contributed by atoms with Crippen LogP contribution in [0.2, 0.25) is 0 Å². The van der Waals surface area contributed by atoms with Gasteiger partial charge in [0.1, 0.15) is 5.84 Å². The first kappa shape index (κ1) is 17.2. The Hall–Kier alpha value is -2.18. The summed E-state index contributed by atoms with van der Waals surface area (Å²) in [6, 6.07) is 15.9. The van der Waals surface area contributed by atoms with E-state index >= 15 is 0 Å². The molecule has 2 aromatic rings. The molecule has 5 nitrogen and oxygen atoms in total. The molecule has 0 unspecified atom stereocenters. The molecular formula is C20H23N3O2S. The molecular weight excluding hydrogens is 346 g/mol. The molecule has 2 aromatic carbocycles. The first-order valence-electron chi connectivity index (χ1n) is 9.06. The van der Waals surface area contributed by atoms with Gasteiger partial charge in [0.2, 0.25) is 0 Å². The molecule has 0 aromatic heterocycles. The lowest BCUT2D eigenvalue weighted by atomic mass is 9.98. The van der Waals surface area contributed by atoms with Gasteiger partial charge < -0.3 is 0 Å². The lowest BCUT2D eigenvalue weighted by molar-refractivity contribution is 0.178. The van der Waals surface area contributed by atoms with Gasteiger partial charge in [0.05, 0.1) is 11.4 Å². The van der Waals surface area contributed by atoms with E-state index in [4.69, 9.17) is 0 Å². The molecule has 6 heteroatoms. The van der Waals surface area contributed by atoms with E-state index < -0.39 is 10.0 Å². The van der Waals surface area contributed by atoms with Crippen molar-refractivity contribution in [1.82, 2.24) is 9.62 Å². The molecule has 0 amide bonds. The van der Waals surface area contributed by atoms with Gasteiger partial charge in [-0.05, 0) is 36.1 Å². The molecule has 0 spiro atoms. The van der Waals surface area contributed by atoms with Crippen LogP contribution in [-0.2, 0) is 23.0 Å². The highest BCUT2D eigenvalue weighted by Gasteiger charge is 2.30. The standard InChI is InChI=1S/C20H23N3O2S/c1-2-17(23-12-11-15-7-3-4-8-16(15)14-23)13-21-20-18-9-5-6-10-19(18)26(24,25)22-20/h3-10,17H,2,11-14H2,1H3,(H,21,22)/t17-/m0/s1. The van der Waals surface area contributed by atoms with E-state index in [9.17, 15) is 8.42 Å². The Morgan fingerprint density at radius 3 is 2.65 bits per heavy atom. The summed E-state index contributed by atoms with van der Waals surface area (Å²) < 4.78 is 27.0. The molecule has 4 rings (SSSR count). The summed E-state index contributed by atoms with van der Waals surface area (Å²) in [6.07, 6.45) is 2.03. The van der Waals surface area contributed by atoms with Crippen LogP contribution in [0.5, 0.6) is 0 Å². The van der Waals surface area contributed by atoms with Gasteiger partial charge in [0, 0.05) is 24.7 Å². The van der Waals surface area contributed by atoms with Crippen LogP contribution >= 0.6 is 0 Å². The van der Waals surface area contributed by atoms with Crippen LogP contribution in [0.4, 0.5) is 0 Å². The van der Waals surface area contributed by atoms with Crippen molar-refractivity contribution < 1.29 is 8.42 Å². The summed E-state index contributed by atoms with van der Waals surface area (Å²) >= 11 is 0. The third-order valence-electron chi connectivity index (χ3n) is 5.27. The Bertz CT molecular complexity index is 953. The Balaban J connectivity index is 1.53. The zero-order valence-corrected chi connectivity index (χ0v) is 15.7. The highest BCUT2D eigenvalue weighted by atomic mass is 32.2. The van der Waals surface area contributed by atoms with Crippen LogP contribution in [-0.4, -0.2) is 38.3 Å².